The van der Waals surface area contributed by atoms with Crippen molar-refractivity contribution in [2.45, 2.75) is 52.6 Å². The second-order valence-electron chi connectivity index (χ2n) is 7.78. The number of anilines is 1. The number of piperazine rings is 1. The lowest BCUT2D eigenvalue weighted by molar-refractivity contribution is -0.154. The fourth-order valence-electron chi connectivity index (χ4n) is 3.14. The predicted molar refractivity (Wildman–Crippen MR) is 113 cm³/mol. The molecule has 164 valence electrons. The van der Waals surface area contributed by atoms with Gasteiger partial charge in [0.05, 0.1) is 6.42 Å². The van der Waals surface area contributed by atoms with E-state index in [1.54, 1.807) is 9.80 Å². The highest BCUT2D eigenvalue weighted by atomic mass is 16.5. The summed E-state index contributed by atoms with van der Waals surface area (Å²) in [5.74, 6) is -0.780. The van der Waals surface area contributed by atoms with E-state index in [0.29, 0.717) is 37.8 Å². The number of nitrogens with zero attached hydrogens (tertiary/aromatic N) is 2. The molecule has 0 spiro atoms. The molecule has 2 rings (SSSR count). The lowest BCUT2D eigenvalue weighted by Gasteiger charge is -2.34. The SMILES string of the molecule is CC(=O)N1CCN(C(=O)CCC(=O)O[C@H](C)C(=O)Nc2ccc(C(C)C)cc2)CC1. The quantitative estimate of drug-likeness (QED) is 0.686. The Morgan fingerprint density at radius 2 is 1.50 bits per heavy atom. The van der Waals surface area contributed by atoms with E-state index in [9.17, 15) is 19.2 Å². The van der Waals surface area contributed by atoms with Gasteiger partial charge in [0.25, 0.3) is 5.91 Å². The molecule has 1 saturated heterocycles. The van der Waals surface area contributed by atoms with Crippen LogP contribution in [0.4, 0.5) is 5.69 Å². The number of benzene rings is 1. The molecule has 0 unspecified atom stereocenters. The van der Waals surface area contributed by atoms with Gasteiger partial charge in [-0.15, -0.1) is 0 Å². The molecule has 1 aliphatic rings. The third-order valence-corrected chi connectivity index (χ3v) is 5.14. The summed E-state index contributed by atoms with van der Waals surface area (Å²) in [6, 6.07) is 7.51. The van der Waals surface area contributed by atoms with E-state index in [0.717, 1.165) is 0 Å². The first-order valence-electron chi connectivity index (χ1n) is 10.3. The number of ether oxygens (including phenoxy) is 1. The Balaban J connectivity index is 1.72. The third-order valence-electron chi connectivity index (χ3n) is 5.14. The molecule has 0 aliphatic carbocycles. The normalized spacial score (nSPS) is 15.0. The molecule has 1 atom stereocenters. The van der Waals surface area contributed by atoms with Gasteiger partial charge in [0.1, 0.15) is 0 Å². The van der Waals surface area contributed by atoms with Crippen molar-refractivity contribution in [3.8, 4) is 0 Å². The van der Waals surface area contributed by atoms with Gasteiger partial charge >= 0.3 is 5.97 Å². The first-order valence-corrected chi connectivity index (χ1v) is 10.3. The van der Waals surface area contributed by atoms with Crippen LogP contribution in [0.25, 0.3) is 0 Å². The summed E-state index contributed by atoms with van der Waals surface area (Å²) in [7, 11) is 0. The number of rotatable bonds is 7. The van der Waals surface area contributed by atoms with Gasteiger partial charge in [-0.1, -0.05) is 26.0 Å². The van der Waals surface area contributed by atoms with Crippen LogP contribution in [0.1, 0.15) is 52.0 Å². The molecular weight excluding hydrogens is 386 g/mol. The topological polar surface area (TPSA) is 96.0 Å². The van der Waals surface area contributed by atoms with E-state index < -0.39 is 18.0 Å². The van der Waals surface area contributed by atoms with Crippen LogP contribution in [-0.4, -0.2) is 65.8 Å². The van der Waals surface area contributed by atoms with Gasteiger partial charge in [-0.25, -0.2) is 0 Å². The fourth-order valence-corrected chi connectivity index (χ4v) is 3.14. The number of hydrogen-bond donors (Lipinski definition) is 1. The standard InChI is InChI=1S/C22H31N3O5/c1-15(2)18-5-7-19(8-6-18)23-22(29)16(3)30-21(28)10-9-20(27)25-13-11-24(12-14-25)17(4)26/h5-8,15-16H,9-14H2,1-4H3,(H,23,29)/t16-/m1/s1. The molecule has 1 aliphatic heterocycles. The Morgan fingerprint density at radius 1 is 0.933 bits per heavy atom. The maximum Gasteiger partial charge on any atom is 0.307 e. The van der Waals surface area contributed by atoms with Crippen molar-refractivity contribution in [1.29, 1.82) is 0 Å². The van der Waals surface area contributed by atoms with E-state index in [1.807, 2.05) is 24.3 Å². The second-order valence-corrected chi connectivity index (χ2v) is 7.78. The average Bonchev–Trinajstić information content (AvgIpc) is 2.72. The van der Waals surface area contributed by atoms with E-state index in [1.165, 1.54) is 19.4 Å². The molecule has 0 saturated carbocycles. The zero-order chi connectivity index (χ0) is 22.3. The van der Waals surface area contributed by atoms with Crippen molar-refractivity contribution in [3.63, 3.8) is 0 Å². The molecule has 1 N–H and O–H groups in total. The maximum atomic E-state index is 12.3. The molecule has 0 bridgehead atoms. The van der Waals surface area contributed by atoms with Gasteiger partial charge in [-0.2, -0.15) is 0 Å². The first-order chi connectivity index (χ1) is 14.2. The van der Waals surface area contributed by atoms with Crippen LogP contribution in [0.3, 0.4) is 0 Å². The van der Waals surface area contributed by atoms with Crippen molar-refractivity contribution in [3.05, 3.63) is 29.8 Å². The molecule has 1 aromatic rings. The molecule has 0 aromatic heterocycles. The number of carbonyl (C=O) groups excluding carboxylic acids is 4. The summed E-state index contributed by atoms with van der Waals surface area (Å²) in [6.07, 6.45) is -1.03. The fraction of sp³-hybridized carbons (Fsp3) is 0.545. The van der Waals surface area contributed by atoms with Gasteiger partial charge in [0.15, 0.2) is 6.10 Å². The van der Waals surface area contributed by atoms with Crippen LogP contribution in [0.15, 0.2) is 24.3 Å². The van der Waals surface area contributed by atoms with Crippen molar-refractivity contribution < 1.29 is 23.9 Å². The summed E-state index contributed by atoms with van der Waals surface area (Å²) in [5, 5.41) is 2.72. The number of amides is 3. The second kappa shape index (κ2) is 10.8. The van der Waals surface area contributed by atoms with Crippen LogP contribution in [0.5, 0.6) is 0 Å². The molecule has 1 aromatic carbocycles. The number of carbonyl (C=O) groups is 4. The molecule has 1 heterocycles. The minimum Gasteiger partial charge on any atom is -0.453 e. The molecule has 8 heteroatoms. The molecular formula is C22H31N3O5. The van der Waals surface area contributed by atoms with Gasteiger partial charge in [0, 0.05) is 45.2 Å². The summed E-state index contributed by atoms with van der Waals surface area (Å²) >= 11 is 0. The predicted octanol–water partition coefficient (Wildman–Crippen LogP) is 2.15. The van der Waals surface area contributed by atoms with Gasteiger partial charge < -0.3 is 19.9 Å². The Labute approximate surface area is 177 Å². The highest BCUT2D eigenvalue weighted by molar-refractivity contribution is 5.95. The maximum absolute atomic E-state index is 12.3. The Bertz CT molecular complexity index is 767. The smallest absolute Gasteiger partial charge is 0.307 e. The molecule has 3 amide bonds. The Morgan fingerprint density at radius 3 is 2.03 bits per heavy atom. The summed E-state index contributed by atoms with van der Waals surface area (Å²) < 4.78 is 5.16. The van der Waals surface area contributed by atoms with Crippen LogP contribution in [-0.2, 0) is 23.9 Å². The van der Waals surface area contributed by atoms with Gasteiger partial charge in [-0.05, 0) is 30.5 Å². The number of nitrogens with one attached hydrogen (secondary N) is 1. The lowest BCUT2D eigenvalue weighted by Crippen LogP contribution is -2.50. The van der Waals surface area contributed by atoms with Crippen LogP contribution in [0, 0.1) is 0 Å². The highest BCUT2D eigenvalue weighted by Gasteiger charge is 2.24. The zero-order valence-corrected chi connectivity index (χ0v) is 18.1. The average molecular weight is 418 g/mol. The Kier molecular flexibility index (Phi) is 8.38. The van der Waals surface area contributed by atoms with Gasteiger partial charge in [-0.3, -0.25) is 19.2 Å². The van der Waals surface area contributed by atoms with E-state index >= 15 is 0 Å². The largest absolute Gasteiger partial charge is 0.453 e. The minimum absolute atomic E-state index is 0.00574. The molecule has 30 heavy (non-hydrogen) atoms. The van der Waals surface area contributed by atoms with E-state index in [4.69, 9.17) is 4.74 Å². The van der Waals surface area contributed by atoms with Crippen LogP contribution >= 0.6 is 0 Å². The first kappa shape index (κ1) is 23.4. The summed E-state index contributed by atoms with van der Waals surface area (Å²) in [5.41, 5.74) is 1.80. The monoisotopic (exact) mass is 417 g/mol. The highest BCUT2D eigenvalue weighted by Crippen LogP contribution is 2.17. The van der Waals surface area contributed by atoms with Crippen molar-refractivity contribution in [2.24, 2.45) is 0 Å². The number of esters is 1. The summed E-state index contributed by atoms with van der Waals surface area (Å²) in [4.78, 5) is 51.2. The van der Waals surface area contributed by atoms with E-state index in [-0.39, 0.29) is 24.7 Å². The third kappa shape index (κ3) is 6.86. The van der Waals surface area contributed by atoms with Crippen LogP contribution < -0.4 is 5.32 Å². The minimum atomic E-state index is -0.962. The van der Waals surface area contributed by atoms with Crippen molar-refractivity contribution >= 4 is 29.4 Å². The molecule has 1 fully saturated rings. The number of hydrogen-bond acceptors (Lipinski definition) is 5. The van der Waals surface area contributed by atoms with Gasteiger partial charge in [0.2, 0.25) is 11.8 Å². The summed E-state index contributed by atoms with van der Waals surface area (Å²) in [6.45, 7) is 9.10. The van der Waals surface area contributed by atoms with E-state index in [2.05, 4.69) is 19.2 Å². The molecule has 0 radical (unpaired) electrons. The van der Waals surface area contributed by atoms with Crippen molar-refractivity contribution in [1.82, 2.24) is 9.80 Å². The lowest BCUT2D eigenvalue weighted by atomic mass is 10.0. The Hall–Kier alpha value is -2.90. The molecule has 8 nitrogen and oxygen atoms in total. The van der Waals surface area contributed by atoms with Crippen molar-refractivity contribution in [2.75, 3.05) is 31.5 Å². The zero-order valence-electron chi connectivity index (χ0n) is 18.1. The van der Waals surface area contributed by atoms with Crippen LogP contribution in [0.2, 0.25) is 0 Å².